The molecule has 31 heavy (non-hydrogen) atoms. The summed E-state index contributed by atoms with van der Waals surface area (Å²) in [5.41, 5.74) is -0.0912. The number of hydrogen-bond acceptors (Lipinski definition) is 8. The topological polar surface area (TPSA) is 91.7 Å². The fourth-order valence-corrected chi connectivity index (χ4v) is 4.12. The first-order valence-corrected chi connectivity index (χ1v) is 10.3. The molecule has 13 heteroatoms. The number of aromatic nitrogens is 3. The van der Waals surface area contributed by atoms with Crippen molar-refractivity contribution in [3.63, 3.8) is 0 Å². The lowest BCUT2D eigenvalue weighted by Crippen LogP contribution is -2.56. The minimum absolute atomic E-state index is 0.0912. The Bertz CT molecular complexity index is 843. The van der Waals surface area contributed by atoms with Gasteiger partial charge in [-0.2, -0.15) is 13.2 Å². The molecule has 2 aliphatic rings. The highest BCUT2D eigenvalue weighted by Crippen LogP contribution is 2.32. The first kappa shape index (κ1) is 23.3. The van der Waals surface area contributed by atoms with E-state index in [9.17, 15) is 17.6 Å². The summed E-state index contributed by atoms with van der Waals surface area (Å²) in [6.07, 6.45) is 1.08. The first-order valence-electron chi connectivity index (χ1n) is 9.44. The summed E-state index contributed by atoms with van der Waals surface area (Å²) in [6.45, 7) is 5.20. The van der Waals surface area contributed by atoms with Crippen LogP contribution < -0.4 is 4.90 Å². The van der Waals surface area contributed by atoms with Crippen LogP contribution in [-0.2, 0) is 16.1 Å². The zero-order chi connectivity index (χ0) is 22.5. The minimum atomic E-state index is -5.08. The standard InChI is InChI=1S/C16H20FN5OS.C2HF3O2/c17-13-9-19-15(20-10-13)22-4-1-16(2-5-22)12-21(6-7-23-16)11-14-18-3-8-24-14;3-2(4,5)1(6)7/h3,8-10H,1-2,4-7,11-12H2;(H,6,7). The van der Waals surface area contributed by atoms with E-state index in [2.05, 4.69) is 24.8 Å². The van der Waals surface area contributed by atoms with Crippen molar-refractivity contribution >= 4 is 23.3 Å². The summed E-state index contributed by atoms with van der Waals surface area (Å²) in [6, 6.07) is 0. The van der Waals surface area contributed by atoms with Crippen LogP contribution in [0.4, 0.5) is 23.5 Å². The van der Waals surface area contributed by atoms with E-state index in [-0.39, 0.29) is 5.60 Å². The molecule has 0 amide bonds. The highest BCUT2D eigenvalue weighted by molar-refractivity contribution is 7.09. The summed E-state index contributed by atoms with van der Waals surface area (Å²) >= 11 is 1.70. The zero-order valence-corrected chi connectivity index (χ0v) is 17.2. The number of rotatable bonds is 3. The van der Waals surface area contributed by atoms with E-state index < -0.39 is 18.0 Å². The monoisotopic (exact) mass is 463 g/mol. The van der Waals surface area contributed by atoms with Gasteiger partial charge in [0, 0.05) is 37.8 Å². The van der Waals surface area contributed by atoms with Gasteiger partial charge >= 0.3 is 12.1 Å². The Morgan fingerprint density at radius 2 is 1.84 bits per heavy atom. The predicted octanol–water partition coefficient (Wildman–Crippen LogP) is 2.58. The van der Waals surface area contributed by atoms with Crippen LogP contribution in [0.3, 0.4) is 0 Å². The van der Waals surface area contributed by atoms with Crippen LogP contribution in [0.25, 0.3) is 0 Å². The predicted molar refractivity (Wildman–Crippen MR) is 103 cm³/mol. The summed E-state index contributed by atoms with van der Waals surface area (Å²) in [5, 5.41) is 10.3. The molecule has 1 spiro atoms. The lowest BCUT2D eigenvalue weighted by Gasteiger charge is -2.47. The normalized spacial score (nSPS) is 19.0. The Morgan fingerprint density at radius 1 is 1.19 bits per heavy atom. The Balaban J connectivity index is 0.000000339. The summed E-state index contributed by atoms with van der Waals surface area (Å²) in [5.74, 6) is -2.56. The molecule has 2 fully saturated rings. The van der Waals surface area contributed by atoms with Gasteiger partial charge in [-0.05, 0) is 12.8 Å². The third kappa shape index (κ3) is 6.55. The Labute approximate surface area is 179 Å². The largest absolute Gasteiger partial charge is 0.490 e. The second kappa shape index (κ2) is 9.83. The quantitative estimate of drug-likeness (QED) is 0.695. The number of thiazole rings is 1. The Hall–Kier alpha value is -2.38. The second-order valence-corrected chi connectivity index (χ2v) is 8.14. The third-order valence-corrected chi connectivity index (χ3v) is 5.74. The molecule has 4 rings (SSSR count). The molecule has 0 radical (unpaired) electrons. The molecule has 2 saturated heterocycles. The smallest absolute Gasteiger partial charge is 0.475 e. The van der Waals surface area contributed by atoms with Gasteiger partial charge in [-0.15, -0.1) is 11.3 Å². The molecule has 0 saturated carbocycles. The van der Waals surface area contributed by atoms with E-state index in [1.54, 1.807) is 11.3 Å². The van der Waals surface area contributed by atoms with Crippen LogP contribution in [0.15, 0.2) is 24.0 Å². The molecule has 0 aliphatic carbocycles. The maximum Gasteiger partial charge on any atom is 0.490 e. The Kier molecular flexibility index (Phi) is 7.38. The van der Waals surface area contributed by atoms with Gasteiger partial charge in [-0.1, -0.05) is 0 Å². The van der Waals surface area contributed by atoms with Gasteiger partial charge in [-0.3, -0.25) is 4.90 Å². The molecule has 0 bridgehead atoms. The minimum Gasteiger partial charge on any atom is -0.475 e. The maximum atomic E-state index is 13.0. The molecule has 0 aromatic carbocycles. The SMILES string of the molecule is Fc1cnc(N2CCC3(CC2)CN(Cc2nccs2)CCO3)nc1.O=C(O)C(F)(F)F. The van der Waals surface area contributed by atoms with Crippen molar-refractivity contribution < 1.29 is 32.2 Å². The number of carboxylic acid groups (broad SMARTS) is 1. The number of halogens is 4. The number of piperidine rings is 1. The van der Waals surface area contributed by atoms with Crippen molar-refractivity contribution in [3.8, 4) is 0 Å². The highest BCUT2D eigenvalue weighted by Gasteiger charge is 2.40. The van der Waals surface area contributed by atoms with Gasteiger partial charge in [0.1, 0.15) is 5.01 Å². The third-order valence-electron chi connectivity index (χ3n) is 4.98. The molecule has 8 nitrogen and oxygen atoms in total. The van der Waals surface area contributed by atoms with Gasteiger partial charge in [0.25, 0.3) is 0 Å². The van der Waals surface area contributed by atoms with E-state index in [0.29, 0.717) is 5.95 Å². The summed E-state index contributed by atoms with van der Waals surface area (Å²) in [4.78, 5) is 26.0. The zero-order valence-electron chi connectivity index (χ0n) is 16.4. The molecule has 0 unspecified atom stereocenters. The Morgan fingerprint density at radius 3 is 2.39 bits per heavy atom. The number of ether oxygens (including phenoxy) is 1. The van der Waals surface area contributed by atoms with Gasteiger partial charge < -0.3 is 14.7 Å². The second-order valence-electron chi connectivity index (χ2n) is 7.16. The van der Waals surface area contributed by atoms with Crippen molar-refractivity contribution in [2.24, 2.45) is 0 Å². The number of anilines is 1. The van der Waals surface area contributed by atoms with E-state index in [1.165, 1.54) is 12.4 Å². The van der Waals surface area contributed by atoms with Crippen LogP contribution >= 0.6 is 11.3 Å². The summed E-state index contributed by atoms with van der Waals surface area (Å²) in [7, 11) is 0. The van der Waals surface area contributed by atoms with Crippen molar-refractivity contribution in [2.45, 2.75) is 31.2 Å². The molecular formula is C18H21F4N5O3S. The number of hydrogen-bond donors (Lipinski definition) is 1. The molecule has 4 heterocycles. The molecule has 2 aliphatic heterocycles. The molecule has 170 valence electrons. The number of nitrogens with zero attached hydrogens (tertiary/aromatic N) is 5. The number of carboxylic acids is 1. The van der Waals surface area contributed by atoms with Crippen LogP contribution in [0, 0.1) is 5.82 Å². The van der Waals surface area contributed by atoms with Crippen LogP contribution in [0.2, 0.25) is 0 Å². The van der Waals surface area contributed by atoms with E-state index in [1.807, 2.05) is 11.6 Å². The number of carbonyl (C=O) groups is 1. The number of alkyl halides is 3. The number of morpholine rings is 1. The van der Waals surface area contributed by atoms with Crippen molar-refractivity contribution in [1.29, 1.82) is 0 Å². The van der Waals surface area contributed by atoms with E-state index in [4.69, 9.17) is 14.6 Å². The first-order chi connectivity index (χ1) is 14.7. The molecular weight excluding hydrogens is 442 g/mol. The van der Waals surface area contributed by atoms with E-state index >= 15 is 0 Å². The van der Waals surface area contributed by atoms with Crippen molar-refractivity contribution in [3.05, 3.63) is 34.8 Å². The van der Waals surface area contributed by atoms with Crippen LogP contribution in [-0.4, -0.2) is 75.5 Å². The lowest BCUT2D eigenvalue weighted by molar-refractivity contribution is -0.192. The van der Waals surface area contributed by atoms with Crippen LogP contribution in [0.1, 0.15) is 17.8 Å². The van der Waals surface area contributed by atoms with Gasteiger partial charge in [-0.25, -0.2) is 24.1 Å². The summed E-state index contributed by atoms with van der Waals surface area (Å²) < 4.78 is 50.9. The average Bonchev–Trinajstić information content (AvgIpc) is 3.22. The van der Waals surface area contributed by atoms with E-state index in [0.717, 1.165) is 57.2 Å². The van der Waals surface area contributed by atoms with Crippen molar-refractivity contribution in [2.75, 3.05) is 37.7 Å². The average molecular weight is 463 g/mol. The molecule has 2 aromatic heterocycles. The highest BCUT2D eigenvalue weighted by atomic mass is 32.1. The lowest BCUT2D eigenvalue weighted by atomic mass is 9.89. The molecule has 2 aromatic rings. The molecule has 1 N–H and O–H groups in total. The van der Waals surface area contributed by atoms with Crippen LogP contribution in [0.5, 0.6) is 0 Å². The van der Waals surface area contributed by atoms with Gasteiger partial charge in [0.2, 0.25) is 5.95 Å². The number of aliphatic carboxylic acids is 1. The molecule has 0 atom stereocenters. The van der Waals surface area contributed by atoms with Crippen molar-refractivity contribution in [1.82, 2.24) is 19.9 Å². The fraction of sp³-hybridized carbons (Fsp3) is 0.556. The van der Waals surface area contributed by atoms with Gasteiger partial charge in [0.05, 0.1) is 31.1 Å². The maximum absolute atomic E-state index is 13.0. The fourth-order valence-electron chi connectivity index (χ4n) is 3.47. The van der Waals surface area contributed by atoms with Gasteiger partial charge in [0.15, 0.2) is 5.82 Å².